The normalized spacial score (nSPS) is 17.5. The zero-order valence-electron chi connectivity index (χ0n) is 11.8. The van der Waals surface area contributed by atoms with Crippen LogP contribution in [0.15, 0.2) is 24.3 Å². The van der Waals surface area contributed by atoms with E-state index in [1.807, 2.05) is 39.0 Å². The molecule has 1 aliphatic heterocycles. The second-order valence-electron chi connectivity index (χ2n) is 6.43. The zero-order valence-corrected chi connectivity index (χ0v) is 11.8. The van der Waals surface area contributed by atoms with Crippen LogP contribution in [0.4, 0.5) is 10.5 Å². The van der Waals surface area contributed by atoms with Crippen LogP contribution in [0, 0.1) is 0 Å². The van der Waals surface area contributed by atoms with E-state index >= 15 is 0 Å². The molecular formula is C15H21NO2. The molecule has 98 valence electrons. The van der Waals surface area contributed by atoms with Crippen molar-refractivity contribution in [1.29, 1.82) is 0 Å². The number of benzene rings is 1. The number of hydrogen-bond acceptors (Lipinski definition) is 2. The Labute approximate surface area is 109 Å². The first kappa shape index (κ1) is 12.9. The van der Waals surface area contributed by atoms with Gasteiger partial charge in [-0.3, -0.25) is 4.90 Å². The molecule has 0 atom stereocenters. The van der Waals surface area contributed by atoms with Gasteiger partial charge in [0, 0.05) is 5.54 Å². The Hall–Kier alpha value is -1.51. The molecule has 1 amide bonds. The van der Waals surface area contributed by atoms with Gasteiger partial charge in [-0.1, -0.05) is 18.2 Å². The number of amides is 1. The van der Waals surface area contributed by atoms with Gasteiger partial charge in [0.2, 0.25) is 0 Å². The molecule has 0 unspecified atom stereocenters. The van der Waals surface area contributed by atoms with Crippen LogP contribution in [0.5, 0.6) is 0 Å². The van der Waals surface area contributed by atoms with Gasteiger partial charge in [0.05, 0.1) is 5.69 Å². The largest absolute Gasteiger partial charge is 0.443 e. The lowest BCUT2D eigenvalue weighted by Crippen LogP contribution is -2.47. The number of rotatable bonds is 0. The Morgan fingerprint density at radius 2 is 1.89 bits per heavy atom. The molecule has 0 N–H and O–H groups in total. The van der Waals surface area contributed by atoms with E-state index < -0.39 is 5.60 Å². The highest BCUT2D eigenvalue weighted by molar-refractivity contribution is 5.92. The fourth-order valence-electron chi connectivity index (χ4n) is 2.40. The van der Waals surface area contributed by atoms with Crippen LogP contribution in [0.2, 0.25) is 0 Å². The molecule has 3 nitrogen and oxygen atoms in total. The second kappa shape index (κ2) is 4.01. The number of para-hydroxylation sites is 1. The molecule has 0 fully saturated rings. The first-order chi connectivity index (χ1) is 8.21. The molecule has 18 heavy (non-hydrogen) atoms. The summed E-state index contributed by atoms with van der Waals surface area (Å²) in [5, 5.41) is 0. The van der Waals surface area contributed by atoms with Crippen LogP contribution < -0.4 is 4.90 Å². The minimum Gasteiger partial charge on any atom is -0.443 e. The zero-order chi connectivity index (χ0) is 13.6. The summed E-state index contributed by atoms with van der Waals surface area (Å²) in [7, 11) is 0. The van der Waals surface area contributed by atoms with Crippen molar-refractivity contribution >= 4 is 11.8 Å². The molecule has 1 aliphatic rings. The smallest absolute Gasteiger partial charge is 0.415 e. The summed E-state index contributed by atoms with van der Waals surface area (Å²) in [5.74, 6) is 0. The summed E-state index contributed by atoms with van der Waals surface area (Å²) in [6.07, 6.45) is 0.597. The van der Waals surface area contributed by atoms with Crippen molar-refractivity contribution in [3.8, 4) is 0 Å². The van der Waals surface area contributed by atoms with Gasteiger partial charge in [-0.25, -0.2) is 4.79 Å². The fourth-order valence-corrected chi connectivity index (χ4v) is 2.40. The molecule has 0 saturated heterocycles. The summed E-state index contributed by atoms with van der Waals surface area (Å²) in [4.78, 5) is 14.1. The number of anilines is 1. The minimum absolute atomic E-state index is 0.230. The summed E-state index contributed by atoms with van der Waals surface area (Å²) in [5.41, 5.74) is 1.47. The molecule has 0 radical (unpaired) electrons. The van der Waals surface area contributed by atoms with E-state index in [2.05, 4.69) is 19.9 Å². The third-order valence-corrected chi connectivity index (χ3v) is 3.04. The monoisotopic (exact) mass is 247 g/mol. The first-order valence-electron chi connectivity index (χ1n) is 6.32. The highest BCUT2D eigenvalue weighted by Gasteiger charge is 2.41. The van der Waals surface area contributed by atoms with E-state index in [4.69, 9.17) is 4.74 Å². The maximum atomic E-state index is 12.3. The van der Waals surface area contributed by atoms with Crippen LogP contribution >= 0.6 is 0 Å². The Bertz CT molecular complexity index is 472. The maximum absolute atomic E-state index is 12.3. The van der Waals surface area contributed by atoms with Crippen molar-refractivity contribution in [3.05, 3.63) is 29.8 Å². The van der Waals surface area contributed by atoms with Crippen LogP contribution in [0.3, 0.4) is 0 Å². The lowest BCUT2D eigenvalue weighted by molar-refractivity contribution is 0.0552. The van der Waals surface area contributed by atoms with Gasteiger partial charge in [-0.05, 0) is 52.7 Å². The molecule has 0 aromatic heterocycles. The number of ether oxygens (including phenoxy) is 1. The van der Waals surface area contributed by atoms with Gasteiger partial charge in [0.15, 0.2) is 0 Å². The molecule has 2 rings (SSSR count). The predicted molar refractivity (Wildman–Crippen MR) is 72.9 cm³/mol. The van der Waals surface area contributed by atoms with E-state index in [-0.39, 0.29) is 11.6 Å². The van der Waals surface area contributed by atoms with Crippen LogP contribution in [0.25, 0.3) is 0 Å². The second-order valence-corrected chi connectivity index (χ2v) is 6.43. The SMILES string of the molecule is CC(C)(C)OC(=O)N1c2ccccc2CC1(C)C. The van der Waals surface area contributed by atoms with E-state index in [1.165, 1.54) is 5.56 Å². The topological polar surface area (TPSA) is 29.5 Å². The van der Waals surface area contributed by atoms with Gasteiger partial charge in [0.1, 0.15) is 5.60 Å². The Kier molecular flexibility index (Phi) is 2.88. The quantitative estimate of drug-likeness (QED) is 0.698. The number of carbonyl (C=O) groups is 1. The third kappa shape index (κ3) is 2.35. The van der Waals surface area contributed by atoms with Crippen molar-refractivity contribution in [3.63, 3.8) is 0 Å². The number of nitrogens with zero attached hydrogens (tertiary/aromatic N) is 1. The van der Waals surface area contributed by atoms with Crippen molar-refractivity contribution in [1.82, 2.24) is 0 Å². The van der Waals surface area contributed by atoms with Gasteiger partial charge >= 0.3 is 6.09 Å². The Morgan fingerprint density at radius 1 is 1.28 bits per heavy atom. The third-order valence-electron chi connectivity index (χ3n) is 3.04. The van der Waals surface area contributed by atoms with Crippen LogP contribution in [-0.4, -0.2) is 17.2 Å². The van der Waals surface area contributed by atoms with E-state index in [9.17, 15) is 4.79 Å². The average Bonchev–Trinajstić information content (AvgIpc) is 2.44. The minimum atomic E-state index is -0.468. The Balaban J connectivity index is 2.34. The fraction of sp³-hybridized carbons (Fsp3) is 0.533. The van der Waals surface area contributed by atoms with Crippen LogP contribution in [-0.2, 0) is 11.2 Å². The number of carbonyl (C=O) groups excluding carboxylic acids is 1. The lowest BCUT2D eigenvalue weighted by atomic mass is 10.00. The van der Waals surface area contributed by atoms with Crippen LogP contribution in [0.1, 0.15) is 40.2 Å². The molecule has 0 aliphatic carbocycles. The van der Waals surface area contributed by atoms with Crippen molar-refractivity contribution < 1.29 is 9.53 Å². The summed E-state index contributed by atoms with van der Waals surface area (Å²) in [6, 6.07) is 8.01. The van der Waals surface area contributed by atoms with Crippen molar-refractivity contribution in [2.75, 3.05) is 4.90 Å². The summed E-state index contributed by atoms with van der Waals surface area (Å²) in [6.45, 7) is 9.80. The van der Waals surface area contributed by atoms with Gasteiger partial charge in [-0.15, -0.1) is 0 Å². The first-order valence-corrected chi connectivity index (χ1v) is 6.32. The molecule has 1 aromatic carbocycles. The van der Waals surface area contributed by atoms with Gasteiger partial charge in [-0.2, -0.15) is 0 Å². The summed E-state index contributed by atoms with van der Waals surface area (Å²) >= 11 is 0. The lowest BCUT2D eigenvalue weighted by Gasteiger charge is -2.33. The molecule has 0 spiro atoms. The molecular weight excluding hydrogens is 226 g/mol. The van der Waals surface area contributed by atoms with E-state index in [0.717, 1.165) is 12.1 Å². The van der Waals surface area contributed by atoms with Gasteiger partial charge < -0.3 is 4.74 Å². The van der Waals surface area contributed by atoms with Crippen molar-refractivity contribution in [2.45, 2.75) is 52.2 Å². The maximum Gasteiger partial charge on any atom is 0.415 e. The highest BCUT2D eigenvalue weighted by Crippen LogP contribution is 2.39. The standard InChI is InChI=1S/C15H21NO2/c1-14(2,3)18-13(17)16-12-9-7-6-8-11(12)10-15(16,4)5/h6-9H,10H2,1-5H3. The number of hydrogen-bond donors (Lipinski definition) is 0. The molecule has 1 aromatic rings. The molecule has 1 heterocycles. The van der Waals surface area contributed by atoms with E-state index in [0.29, 0.717) is 0 Å². The van der Waals surface area contributed by atoms with E-state index in [1.54, 1.807) is 4.90 Å². The molecule has 0 bridgehead atoms. The van der Waals surface area contributed by atoms with Crippen molar-refractivity contribution in [2.24, 2.45) is 0 Å². The molecule has 0 saturated carbocycles. The average molecular weight is 247 g/mol. The predicted octanol–water partition coefficient (Wildman–Crippen LogP) is 3.76. The highest BCUT2D eigenvalue weighted by atomic mass is 16.6. The van der Waals surface area contributed by atoms with Gasteiger partial charge in [0.25, 0.3) is 0 Å². The summed E-state index contributed by atoms with van der Waals surface area (Å²) < 4.78 is 5.50. The molecule has 3 heteroatoms. The Morgan fingerprint density at radius 3 is 2.50 bits per heavy atom. The number of fused-ring (bicyclic) bond motifs is 1.